The Labute approximate surface area is 215 Å². The monoisotopic (exact) mass is 511 g/mol. The molecule has 4 rings (SSSR count). The largest absolute Gasteiger partial charge is 0.351 e. The molecular weight excluding hydrogens is 482 g/mol. The molecule has 9 heteroatoms. The fourth-order valence-electron chi connectivity index (χ4n) is 5.41. The third-order valence-corrected chi connectivity index (χ3v) is 7.57. The van der Waals surface area contributed by atoms with Gasteiger partial charge in [0, 0.05) is 22.7 Å². The number of nitro groups is 1. The lowest BCUT2D eigenvalue weighted by Gasteiger charge is -2.41. The van der Waals surface area contributed by atoms with Crippen LogP contribution in [0.4, 0.5) is 5.69 Å². The van der Waals surface area contributed by atoms with Gasteiger partial charge in [-0.1, -0.05) is 74.0 Å². The predicted molar refractivity (Wildman–Crippen MR) is 136 cm³/mol. The Morgan fingerprint density at radius 2 is 1.67 bits per heavy atom. The van der Waals surface area contributed by atoms with E-state index in [2.05, 4.69) is 5.32 Å². The van der Waals surface area contributed by atoms with Crippen molar-refractivity contribution in [3.63, 3.8) is 0 Å². The maximum absolute atomic E-state index is 14.0. The number of nitro benzene ring substituents is 1. The van der Waals surface area contributed by atoms with Gasteiger partial charge in [0.15, 0.2) is 5.78 Å². The second kappa shape index (κ2) is 11.2. The fourth-order valence-corrected chi connectivity index (χ4v) is 5.58. The van der Waals surface area contributed by atoms with E-state index in [9.17, 15) is 24.5 Å². The van der Waals surface area contributed by atoms with Crippen LogP contribution in [0.1, 0.15) is 78.5 Å². The van der Waals surface area contributed by atoms with Gasteiger partial charge in [0.05, 0.1) is 11.5 Å². The lowest BCUT2D eigenvalue weighted by atomic mass is 9.89. The van der Waals surface area contributed by atoms with Crippen molar-refractivity contribution < 1.29 is 19.3 Å². The minimum absolute atomic E-state index is 0.0195. The Kier molecular flexibility index (Phi) is 8.04. The van der Waals surface area contributed by atoms with Crippen LogP contribution in [0.5, 0.6) is 0 Å². The summed E-state index contributed by atoms with van der Waals surface area (Å²) in [5.41, 5.74) is -1.51. The van der Waals surface area contributed by atoms with Gasteiger partial charge in [-0.2, -0.15) is 0 Å². The van der Waals surface area contributed by atoms with Crippen LogP contribution in [-0.4, -0.2) is 45.5 Å². The van der Waals surface area contributed by atoms with Crippen LogP contribution in [0.25, 0.3) is 0 Å². The number of Topliss-reactive ketones (excluding diaryl/α,β-unsaturated/α-hetero) is 1. The summed E-state index contributed by atoms with van der Waals surface area (Å²) in [7, 11) is 0. The molecule has 0 unspecified atom stereocenters. The molecule has 2 aromatic carbocycles. The van der Waals surface area contributed by atoms with E-state index < -0.39 is 22.1 Å². The quantitative estimate of drug-likeness (QED) is 0.292. The summed E-state index contributed by atoms with van der Waals surface area (Å²) in [5, 5.41) is 15.1. The van der Waals surface area contributed by atoms with Gasteiger partial charge in [0.1, 0.15) is 11.1 Å². The highest BCUT2D eigenvalue weighted by molar-refractivity contribution is 6.31. The summed E-state index contributed by atoms with van der Waals surface area (Å²) in [5.74, 6) is -1.37. The molecule has 2 fully saturated rings. The van der Waals surface area contributed by atoms with Crippen molar-refractivity contribution in [2.24, 2.45) is 0 Å². The Bertz CT molecular complexity index is 1140. The van der Waals surface area contributed by atoms with Gasteiger partial charge in [-0.15, -0.1) is 0 Å². The maximum Gasteiger partial charge on any atom is 0.282 e. The lowest BCUT2D eigenvalue weighted by molar-refractivity contribution is -0.385. The van der Waals surface area contributed by atoms with Crippen LogP contribution in [0.2, 0.25) is 5.02 Å². The molecule has 0 radical (unpaired) electrons. The first-order valence-electron chi connectivity index (χ1n) is 12.5. The Hall–Kier alpha value is -3.26. The number of hydrogen-bond acceptors (Lipinski definition) is 5. The SMILES string of the molecule is O=C(CN(C(=O)c1cc(Cl)ccc1[N+](=O)[O-])C1(C(=O)NC2CCCCC2)CCCC1)c1ccccc1. The van der Waals surface area contributed by atoms with Gasteiger partial charge in [-0.05, 0) is 37.8 Å². The van der Waals surface area contributed by atoms with Gasteiger partial charge in [-0.3, -0.25) is 24.5 Å². The topological polar surface area (TPSA) is 110 Å². The number of carbonyl (C=O) groups is 3. The summed E-state index contributed by atoms with van der Waals surface area (Å²) in [6, 6.07) is 12.3. The van der Waals surface area contributed by atoms with Gasteiger partial charge >= 0.3 is 0 Å². The van der Waals surface area contributed by atoms with Crippen molar-refractivity contribution in [2.45, 2.75) is 69.4 Å². The summed E-state index contributed by atoms with van der Waals surface area (Å²) in [6.45, 7) is -0.370. The Balaban J connectivity index is 1.75. The summed E-state index contributed by atoms with van der Waals surface area (Å²) < 4.78 is 0. The van der Waals surface area contributed by atoms with Gasteiger partial charge in [0.25, 0.3) is 11.6 Å². The van der Waals surface area contributed by atoms with Crippen molar-refractivity contribution >= 4 is 34.9 Å². The molecule has 2 aromatic rings. The van der Waals surface area contributed by atoms with Crippen LogP contribution < -0.4 is 5.32 Å². The third-order valence-electron chi connectivity index (χ3n) is 7.34. The molecule has 0 atom stereocenters. The molecule has 2 aliphatic rings. The fraction of sp³-hybridized carbons (Fsp3) is 0.444. The molecule has 0 aliphatic heterocycles. The molecule has 0 spiro atoms. The molecule has 2 aliphatic carbocycles. The zero-order valence-electron chi connectivity index (χ0n) is 20.1. The maximum atomic E-state index is 14.0. The van der Waals surface area contributed by atoms with E-state index in [0.717, 1.165) is 32.1 Å². The Morgan fingerprint density at radius 3 is 2.31 bits per heavy atom. The molecule has 0 bridgehead atoms. The number of carbonyl (C=O) groups excluding carboxylic acids is 3. The molecular formula is C27H30ClN3O5. The van der Waals surface area contributed by atoms with Gasteiger partial charge in [-0.25, -0.2) is 0 Å². The highest BCUT2D eigenvalue weighted by Crippen LogP contribution is 2.38. The number of hydrogen-bond donors (Lipinski definition) is 1. The zero-order valence-corrected chi connectivity index (χ0v) is 20.8. The summed E-state index contributed by atoms with van der Waals surface area (Å²) in [4.78, 5) is 53.5. The molecule has 1 N–H and O–H groups in total. The lowest BCUT2D eigenvalue weighted by Crippen LogP contribution is -2.62. The molecule has 8 nitrogen and oxygen atoms in total. The van der Waals surface area contributed by atoms with E-state index in [1.54, 1.807) is 30.3 Å². The third kappa shape index (κ3) is 5.43. The van der Waals surface area contributed by atoms with E-state index in [-0.39, 0.29) is 34.9 Å². The number of halogens is 1. The second-order valence-electron chi connectivity index (χ2n) is 9.65. The standard InChI is InChI=1S/C27H30ClN3O5/c28-20-13-14-23(31(35)36)22(17-20)25(33)30(18-24(32)19-9-3-1-4-10-19)27(15-7-8-16-27)26(34)29-21-11-5-2-6-12-21/h1,3-4,9-10,13-14,17,21H,2,5-8,11-12,15-16,18H2,(H,29,34). The van der Waals surface area contributed by atoms with Crippen LogP contribution in [-0.2, 0) is 4.79 Å². The predicted octanol–water partition coefficient (Wildman–Crippen LogP) is 5.34. The average Bonchev–Trinajstić information content (AvgIpc) is 3.39. The molecule has 2 saturated carbocycles. The van der Waals surface area contributed by atoms with Crippen LogP contribution >= 0.6 is 11.6 Å². The van der Waals surface area contributed by atoms with E-state index in [0.29, 0.717) is 31.2 Å². The molecule has 36 heavy (non-hydrogen) atoms. The number of rotatable bonds is 8. The Morgan fingerprint density at radius 1 is 1.00 bits per heavy atom. The van der Waals surface area contributed by atoms with Crippen molar-refractivity contribution in [1.29, 1.82) is 0 Å². The molecule has 0 saturated heterocycles. The number of ketones is 1. The minimum atomic E-state index is -1.27. The highest BCUT2D eigenvalue weighted by Gasteiger charge is 2.50. The van der Waals surface area contributed by atoms with Crippen molar-refractivity contribution in [3.05, 3.63) is 74.8 Å². The summed E-state index contributed by atoms with van der Waals surface area (Å²) >= 11 is 6.12. The molecule has 0 aromatic heterocycles. The zero-order chi connectivity index (χ0) is 25.7. The van der Waals surface area contributed by atoms with Crippen LogP contribution in [0, 0.1) is 10.1 Å². The molecule has 190 valence electrons. The molecule has 2 amide bonds. The van der Waals surface area contributed by atoms with Crippen molar-refractivity contribution in [3.8, 4) is 0 Å². The number of amides is 2. The van der Waals surface area contributed by atoms with E-state index in [4.69, 9.17) is 11.6 Å². The van der Waals surface area contributed by atoms with E-state index >= 15 is 0 Å². The van der Waals surface area contributed by atoms with Crippen molar-refractivity contribution in [2.75, 3.05) is 6.54 Å². The average molecular weight is 512 g/mol. The number of benzene rings is 2. The first kappa shape index (κ1) is 25.8. The first-order valence-corrected chi connectivity index (χ1v) is 12.8. The highest BCUT2D eigenvalue weighted by atomic mass is 35.5. The van der Waals surface area contributed by atoms with Crippen LogP contribution in [0.15, 0.2) is 48.5 Å². The minimum Gasteiger partial charge on any atom is -0.351 e. The summed E-state index contributed by atoms with van der Waals surface area (Å²) in [6.07, 6.45) is 7.12. The first-order chi connectivity index (χ1) is 17.3. The molecule has 0 heterocycles. The second-order valence-corrected chi connectivity index (χ2v) is 10.1. The smallest absolute Gasteiger partial charge is 0.282 e. The van der Waals surface area contributed by atoms with E-state index in [1.165, 1.54) is 23.1 Å². The van der Waals surface area contributed by atoms with Crippen LogP contribution in [0.3, 0.4) is 0 Å². The van der Waals surface area contributed by atoms with Gasteiger partial charge < -0.3 is 10.2 Å². The number of nitrogens with zero attached hydrogens (tertiary/aromatic N) is 2. The normalized spacial score (nSPS) is 17.4. The van der Waals surface area contributed by atoms with Crippen molar-refractivity contribution in [1.82, 2.24) is 10.2 Å². The van der Waals surface area contributed by atoms with E-state index in [1.807, 2.05) is 0 Å². The van der Waals surface area contributed by atoms with Gasteiger partial charge in [0.2, 0.25) is 5.91 Å². The number of nitrogens with one attached hydrogen (secondary N) is 1.